The van der Waals surface area contributed by atoms with Crippen LogP contribution in [-0.2, 0) is 15.1 Å². The first-order valence-electron chi connectivity index (χ1n) is 8.08. The van der Waals surface area contributed by atoms with E-state index >= 15 is 0 Å². The Bertz CT molecular complexity index is 846. The van der Waals surface area contributed by atoms with Crippen LogP contribution in [0.4, 0.5) is 0 Å². The Morgan fingerprint density at radius 3 is 1.80 bits per heavy atom. The summed E-state index contributed by atoms with van der Waals surface area (Å²) in [6, 6.07) is 26.7. The van der Waals surface area contributed by atoms with E-state index in [1.165, 1.54) is 5.56 Å². The normalized spacial score (nSPS) is 10.4. The smallest absolute Gasteiger partial charge is 0.225 e. The molecule has 0 aliphatic heterocycles. The lowest BCUT2D eigenvalue weighted by Crippen LogP contribution is -2.31. The van der Waals surface area contributed by atoms with Gasteiger partial charge in [-0.2, -0.15) is 0 Å². The van der Waals surface area contributed by atoms with E-state index in [9.17, 15) is 4.79 Å². The summed E-state index contributed by atoms with van der Waals surface area (Å²) in [5.41, 5.74) is 2.25. The van der Waals surface area contributed by atoms with Gasteiger partial charge in [-0.3, -0.25) is 4.79 Å². The van der Waals surface area contributed by atoms with E-state index < -0.39 is 5.60 Å². The van der Waals surface area contributed by atoms with E-state index in [4.69, 9.17) is 4.74 Å². The van der Waals surface area contributed by atoms with E-state index in [1.54, 1.807) is 0 Å². The zero-order valence-electron chi connectivity index (χ0n) is 14.0. The van der Waals surface area contributed by atoms with Crippen molar-refractivity contribution in [3.63, 3.8) is 0 Å². The van der Waals surface area contributed by atoms with Crippen LogP contribution in [0.3, 0.4) is 0 Å². The van der Waals surface area contributed by atoms with Crippen LogP contribution in [0.15, 0.2) is 84.9 Å². The number of ether oxygens (including phenoxy) is 1. The fraction of sp³-hybridized carbons (Fsp3) is 0.0870. The molecule has 0 fully saturated rings. The molecule has 0 aromatic heterocycles. The largest absolute Gasteiger partial charge is 0.422 e. The molecule has 0 saturated heterocycles. The molecule has 2 heteroatoms. The highest BCUT2D eigenvalue weighted by Gasteiger charge is 2.36. The second-order valence-corrected chi connectivity index (χ2v) is 5.78. The number of hydrogen-bond donors (Lipinski definition) is 0. The number of carbonyl (C=O) groups is 1. The molecule has 0 bridgehead atoms. The zero-order valence-corrected chi connectivity index (χ0v) is 14.0. The summed E-state index contributed by atoms with van der Waals surface area (Å²) in [5, 5.41) is 0. The molecule has 3 aromatic carbocycles. The molecule has 0 atom stereocenters. The topological polar surface area (TPSA) is 26.3 Å². The molecule has 25 heavy (non-hydrogen) atoms. The first-order chi connectivity index (χ1) is 12.2. The van der Waals surface area contributed by atoms with Crippen molar-refractivity contribution in [3.05, 3.63) is 107 Å². The highest BCUT2D eigenvalue weighted by Crippen LogP contribution is 2.31. The van der Waals surface area contributed by atoms with E-state index in [1.807, 2.05) is 91.9 Å². The maximum atomic E-state index is 12.1. The lowest BCUT2D eigenvalue weighted by Gasteiger charge is -2.26. The number of hydrogen-bond acceptors (Lipinski definition) is 2. The molecule has 0 aliphatic carbocycles. The van der Waals surface area contributed by atoms with Gasteiger partial charge < -0.3 is 4.74 Å². The van der Waals surface area contributed by atoms with Gasteiger partial charge in [-0.05, 0) is 25.0 Å². The van der Waals surface area contributed by atoms with E-state index in [2.05, 4.69) is 12.0 Å². The average Bonchev–Trinajstić information content (AvgIpc) is 2.68. The minimum absolute atomic E-state index is 0.745. The van der Waals surface area contributed by atoms with Crippen molar-refractivity contribution in [3.8, 4) is 12.0 Å². The maximum Gasteiger partial charge on any atom is 0.225 e. The molecule has 2 nitrogen and oxygen atoms in total. The summed E-state index contributed by atoms with van der Waals surface area (Å²) >= 11 is 0. The van der Waals surface area contributed by atoms with Crippen molar-refractivity contribution in [1.29, 1.82) is 0 Å². The highest BCUT2D eigenvalue weighted by atomic mass is 16.5. The molecule has 3 rings (SSSR count). The summed E-state index contributed by atoms with van der Waals surface area (Å²) in [6.45, 7) is 2.02. The Kier molecular flexibility index (Phi) is 4.97. The van der Waals surface area contributed by atoms with Crippen LogP contribution in [0, 0.1) is 19.0 Å². The predicted molar refractivity (Wildman–Crippen MR) is 98.9 cm³/mol. The Morgan fingerprint density at radius 2 is 1.32 bits per heavy atom. The number of benzene rings is 3. The summed E-state index contributed by atoms with van der Waals surface area (Å²) in [4.78, 5) is 12.1. The van der Waals surface area contributed by atoms with Crippen LogP contribution >= 0.6 is 0 Å². The Labute approximate surface area is 148 Å². The minimum Gasteiger partial charge on any atom is -0.422 e. The van der Waals surface area contributed by atoms with Gasteiger partial charge in [0, 0.05) is 16.7 Å². The Hall–Kier alpha value is -3.31. The first kappa shape index (κ1) is 16.5. The third-order valence-corrected chi connectivity index (χ3v) is 4.03. The average molecular weight is 326 g/mol. The van der Waals surface area contributed by atoms with Crippen LogP contribution in [0.1, 0.15) is 22.3 Å². The van der Waals surface area contributed by atoms with Crippen LogP contribution in [0.2, 0.25) is 0 Å². The molecule has 0 N–H and O–H groups in total. The van der Waals surface area contributed by atoms with E-state index in [-0.39, 0.29) is 0 Å². The molecule has 0 unspecified atom stereocenters. The highest BCUT2D eigenvalue weighted by molar-refractivity contribution is 5.73. The molecule has 0 amide bonds. The van der Waals surface area contributed by atoms with Gasteiger partial charge in [-0.1, -0.05) is 78.4 Å². The van der Waals surface area contributed by atoms with Gasteiger partial charge in [0.2, 0.25) is 5.60 Å². The second-order valence-electron chi connectivity index (χ2n) is 5.78. The van der Waals surface area contributed by atoms with Crippen molar-refractivity contribution >= 4 is 6.29 Å². The number of aryl methyl sites for hydroxylation is 1. The fourth-order valence-corrected chi connectivity index (χ4v) is 2.62. The quantitative estimate of drug-likeness (QED) is 0.522. The van der Waals surface area contributed by atoms with Gasteiger partial charge in [-0.25, -0.2) is 0 Å². The molecular weight excluding hydrogens is 308 g/mol. The molecule has 0 spiro atoms. The third kappa shape index (κ3) is 3.62. The molecule has 0 radical (unpaired) electrons. The van der Waals surface area contributed by atoms with Crippen molar-refractivity contribution in [2.24, 2.45) is 0 Å². The first-order valence-corrected chi connectivity index (χ1v) is 8.08. The van der Waals surface area contributed by atoms with E-state index in [0.29, 0.717) is 0 Å². The third-order valence-electron chi connectivity index (χ3n) is 4.03. The standard InChI is InChI=1S/C23H18O2/c1-19-12-14-20(15-13-19)16-17-25-23(18-24,21-8-4-2-5-9-21)22-10-6-3-7-11-22/h2-15,18H,1H3. The van der Waals surface area contributed by atoms with Gasteiger partial charge in [0.25, 0.3) is 0 Å². The van der Waals surface area contributed by atoms with Gasteiger partial charge in [-0.15, -0.1) is 0 Å². The number of aldehydes is 1. The molecule has 0 aliphatic rings. The van der Waals surface area contributed by atoms with Crippen LogP contribution in [-0.4, -0.2) is 6.29 Å². The fourth-order valence-electron chi connectivity index (χ4n) is 2.62. The van der Waals surface area contributed by atoms with Crippen LogP contribution < -0.4 is 0 Å². The van der Waals surface area contributed by atoms with Crippen LogP contribution in [0.5, 0.6) is 0 Å². The van der Waals surface area contributed by atoms with Gasteiger partial charge in [0.15, 0.2) is 6.29 Å². The van der Waals surface area contributed by atoms with Gasteiger partial charge in [0.1, 0.15) is 6.11 Å². The molecule has 0 saturated carbocycles. The SMILES string of the molecule is Cc1ccc(C#COC(C=O)(c2ccccc2)c2ccccc2)cc1. The molecule has 0 heterocycles. The van der Waals surface area contributed by atoms with Gasteiger partial charge >= 0.3 is 0 Å². The monoisotopic (exact) mass is 326 g/mol. The molecule has 122 valence electrons. The molecule has 3 aromatic rings. The Morgan fingerprint density at radius 1 is 0.800 bits per heavy atom. The summed E-state index contributed by atoms with van der Waals surface area (Å²) in [7, 11) is 0. The second kappa shape index (κ2) is 7.51. The Balaban J connectivity index is 2.00. The summed E-state index contributed by atoms with van der Waals surface area (Å²) in [5.74, 6) is 2.97. The van der Waals surface area contributed by atoms with Crippen molar-refractivity contribution in [2.45, 2.75) is 12.5 Å². The lowest BCUT2D eigenvalue weighted by atomic mass is 9.87. The molecular formula is C23H18O2. The van der Waals surface area contributed by atoms with E-state index in [0.717, 1.165) is 23.0 Å². The maximum absolute atomic E-state index is 12.1. The van der Waals surface area contributed by atoms with Crippen molar-refractivity contribution in [1.82, 2.24) is 0 Å². The zero-order chi connectivity index (χ0) is 17.5. The van der Waals surface area contributed by atoms with Gasteiger partial charge in [0.05, 0.1) is 0 Å². The predicted octanol–water partition coefficient (Wildman–Crippen LogP) is 4.46. The summed E-state index contributed by atoms with van der Waals surface area (Å²) < 4.78 is 5.86. The van der Waals surface area contributed by atoms with Crippen molar-refractivity contribution in [2.75, 3.05) is 0 Å². The summed E-state index contributed by atoms with van der Waals surface area (Å²) in [6.07, 6.45) is 3.54. The minimum atomic E-state index is -1.25. The lowest BCUT2D eigenvalue weighted by molar-refractivity contribution is -0.120. The number of rotatable bonds is 4. The number of carbonyl (C=O) groups excluding carboxylic acids is 1. The van der Waals surface area contributed by atoms with Crippen molar-refractivity contribution < 1.29 is 9.53 Å². The van der Waals surface area contributed by atoms with Crippen LogP contribution in [0.25, 0.3) is 0 Å².